The summed E-state index contributed by atoms with van der Waals surface area (Å²) in [7, 11) is 0. The van der Waals surface area contributed by atoms with Crippen LogP contribution in [-0.4, -0.2) is 17.6 Å². The molecular formula is C12H11NO2. The summed E-state index contributed by atoms with van der Waals surface area (Å²) in [4.78, 5) is 12.9. The molecule has 2 rings (SSSR count). The Morgan fingerprint density at radius 2 is 2.20 bits per heavy atom. The fraction of sp³-hybridized carbons (Fsp3) is 0.167. The van der Waals surface area contributed by atoms with E-state index in [2.05, 4.69) is 12.3 Å². The minimum atomic E-state index is -0.347. The second kappa shape index (κ2) is 4.03. The van der Waals surface area contributed by atoms with Crippen molar-refractivity contribution in [3.8, 4) is 0 Å². The van der Waals surface area contributed by atoms with Crippen LogP contribution in [0.5, 0.6) is 0 Å². The molecule has 15 heavy (non-hydrogen) atoms. The largest absolute Gasteiger partial charge is 0.447 e. The number of hydrogen-bond acceptors (Lipinski definition) is 2. The molecule has 3 nitrogen and oxygen atoms in total. The van der Waals surface area contributed by atoms with Gasteiger partial charge in [0.05, 0.1) is 12.2 Å². The molecule has 1 atom stereocenters. The van der Waals surface area contributed by atoms with Crippen molar-refractivity contribution < 1.29 is 9.53 Å². The molecule has 1 amide bonds. The van der Waals surface area contributed by atoms with Crippen molar-refractivity contribution in [3.63, 3.8) is 0 Å². The van der Waals surface area contributed by atoms with E-state index in [1.807, 2.05) is 30.3 Å². The van der Waals surface area contributed by atoms with Gasteiger partial charge in [-0.1, -0.05) is 36.9 Å². The van der Waals surface area contributed by atoms with Gasteiger partial charge in [-0.2, -0.15) is 0 Å². The van der Waals surface area contributed by atoms with Crippen molar-refractivity contribution in [2.24, 2.45) is 0 Å². The quantitative estimate of drug-likeness (QED) is 0.688. The summed E-state index contributed by atoms with van der Waals surface area (Å²) in [6.07, 6.45) is 1.17. The Labute approximate surface area is 88.3 Å². The molecule has 1 heterocycles. The average Bonchev–Trinajstić information content (AvgIpc) is 2.63. The first-order valence-corrected chi connectivity index (χ1v) is 4.69. The Kier molecular flexibility index (Phi) is 2.57. The van der Waals surface area contributed by atoms with Gasteiger partial charge in [-0.25, -0.2) is 4.79 Å². The van der Waals surface area contributed by atoms with Crippen LogP contribution in [0.1, 0.15) is 11.6 Å². The molecule has 1 aliphatic rings. The van der Waals surface area contributed by atoms with E-state index in [9.17, 15) is 4.79 Å². The van der Waals surface area contributed by atoms with E-state index in [0.29, 0.717) is 6.61 Å². The molecule has 0 aromatic heterocycles. The van der Waals surface area contributed by atoms with Gasteiger partial charge in [-0.05, 0) is 5.56 Å². The number of ether oxygens (including phenoxy) is 1. The van der Waals surface area contributed by atoms with Gasteiger partial charge in [0.2, 0.25) is 0 Å². The maximum absolute atomic E-state index is 11.4. The van der Waals surface area contributed by atoms with E-state index in [-0.39, 0.29) is 12.1 Å². The first-order chi connectivity index (χ1) is 7.33. The second-order valence-electron chi connectivity index (χ2n) is 3.24. The van der Waals surface area contributed by atoms with E-state index in [1.165, 1.54) is 11.1 Å². The third-order valence-electron chi connectivity index (χ3n) is 2.33. The van der Waals surface area contributed by atoms with E-state index < -0.39 is 0 Å². The van der Waals surface area contributed by atoms with Gasteiger partial charge in [0.25, 0.3) is 0 Å². The lowest BCUT2D eigenvalue weighted by atomic mass is 10.1. The molecule has 0 aliphatic carbocycles. The SMILES string of the molecule is C=C=CN1C(=O)OC[C@H]1c1ccccc1. The van der Waals surface area contributed by atoms with Gasteiger partial charge in [0.1, 0.15) is 6.61 Å². The Hall–Kier alpha value is -1.99. The van der Waals surface area contributed by atoms with Crippen LogP contribution in [0.15, 0.2) is 48.8 Å². The second-order valence-corrected chi connectivity index (χ2v) is 3.24. The summed E-state index contributed by atoms with van der Waals surface area (Å²) in [5, 5.41) is 0. The van der Waals surface area contributed by atoms with Crippen molar-refractivity contribution in [2.75, 3.05) is 6.61 Å². The predicted molar refractivity (Wildman–Crippen MR) is 56.1 cm³/mol. The van der Waals surface area contributed by atoms with Gasteiger partial charge >= 0.3 is 6.09 Å². The normalized spacial score (nSPS) is 19.6. The predicted octanol–water partition coefficient (Wildman–Crippen LogP) is 2.48. The maximum Gasteiger partial charge on any atom is 0.415 e. The number of benzene rings is 1. The fourth-order valence-electron chi connectivity index (χ4n) is 1.61. The van der Waals surface area contributed by atoms with Gasteiger partial charge < -0.3 is 4.74 Å². The van der Waals surface area contributed by atoms with Gasteiger partial charge in [-0.3, -0.25) is 4.90 Å². The smallest absolute Gasteiger partial charge is 0.415 e. The molecule has 1 saturated heterocycles. The van der Waals surface area contributed by atoms with Crippen LogP contribution in [0.2, 0.25) is 0 Å². The van der Waals surface area contributed by atoms with Crippen LogP contribution < -0.4 is 0 Å². The molecule has 0 N–H and O–H groups in total. The van der Waals surface area contributed by atoms with Gasteiger partial charge in [0.15, 0.2) is 0 Å². The number of carbonyl (C=O) groups is 1. The van der Waals surface area contributed by atoms with Gasteiger partial charge in [0, 0.05) is 0 Å². The zero-order valence-electron chi connectivity index (χ0n) is 8.22. The third-order valence-corrected chi connectivity index (χ3v) is 2.33. The van der Waals surface area contributed by atoms with Crippen LogP contribution in [0.25, 0.3) is 0 Å². The summed E-state index contributed by atoms with van der Waals surface area (Å²) in [5.41, 5.74) is 3.64. The highest BCUT2D eigenvalue weighted by Crippen LogP contribution is 2.27. The highest BCUT2D eigenvalue weighted by atomic mass is 16.6. The minimum Gasteiger partial charge on any atom is -0.447 e. The number of carbonyl (C=O) groups excluding carboxylic acids is 1. The van der Waals surface area contributed by atoms with Crippen LogP contribution in [0.3, 0.4) is 0 Å². The van der Waals surface area contributed by atoms with Gasteiger partial charge in [-0.15, -0.1) is 5.73 Å². The topological polar surface area (TPSA) is 29.5 Å². The van der Waals surface area contributed by atoms with E-state index in [4.69, 9.17) is 4.74 Å². The fourth-order valence-corrected chi connectivity index (χ4v) is 1.61. The van der Waals surface area contributed by atoms with Crippen LogP contribution in [0, 0.1) is 0 Å². The molecule has 1 fully saturated rings. The summed E-state index contributed by atoms with van der Waals surface area (Å²) in [5.74, 6) is 0. The summed E-state index contributed by atoms with van der Waals surface area (Å²) in [6, 6.07) is 9.69. The Morgan fingerprint density at radius 3 is 2.87 bits per heavy atom. The molecule has 1 aliphatic heterocycles. The number of amides is 1. The van der Waals surface area contributed by atoms with Crippen molar-refractivity contribution in [3.05, 3.63) is 54.4 Å². The van der Waals surface area contributed by atoms with E-state index >= 15 is 0 Å². The number of cyclic esters (lactones) is 1. The molecule has 1 aromatic carbocycles. The number of rotatable bonds is 2. The number of nitrogens with zero attached hydrogens (tertiary/aromatic N) is 1. The molecule has 0 bridgehead atoms. The Morgan fingerprint density at radius 1 is 1.47 bits per heavy atom. The lowest BCUT2D eigenvalue weighted by Crippen LogP contribution is -2.21. The van der Waals surface area contributed by atoms with Crippen molar-refractivity contribution in [1.29, 1.82) is 0 Å². The van der Waals surface area contributed by atoms with Crippen LogP contribution in [-0.2, 0) is 4.74 Å². The summed E-state index contributed by atoms with van der Waals surface area (Å²) < 4.78 is 4.97. The van der Waals surface area contributed by atoms with Crippen molar-refractivity contribution in [1.82, 2.24) is 4.90 Å². The van der Waals surface area contributed by atoms with E-state index in [0.717, 1.165) is 5.56 Å². The third kappa shape index (κ3) is 1.78. The molecule has 1 aromatic rings. The average molecular weight is 201 g/mol. The summed E-state index contributed by atoms with van der Waals surface area (Å²) in [6.45, 7) is 3.83. The Balaban J connectivity index is 2.30. The lowest BCUT2D eigenvalue weighted by molar-refractivity contribution is 0.166. The monoisotopic (exact) mass is 201 g/mol. The molecule has 0 radical (unpaired) electrons. The highest BCUT2D eigenvalue weighted by molar-refractivity contribution is 5.71. The summed E-state index contributed by atoms with van der Waals surface area (Å²) >= 11 is 0. The zero-order valence-corrected chi connectivity index (χ0v) is 8.22. The first kappa shape index (κ1) is 9.56. The lowest BCUT2D eigenvalue weighted by Gasteiger charge is -2.16. The molecule has 0 unspecified atom stereocenters. The standard InChI is InChI=1S/C12H11NO2/c1-2-8-13-11(9-15-12(13)14)10-6-4-3-5-7-10/h3-8,11H,1,9H2/t11-/m0/s1. The minimum absolute atomic E-state index is 0.0621. The van der Waals surface area contributed by atoms with Crippen molar-refractivity contribution >= 4 is 6.09 Å². The molecule has 3 heteroatoms. The zero-order chi connectivity index (χ0) is 10.7. The molecule has 76 valence electrons. The molecule has 0 spiro atoms. The maximum atomic E-state index is 11.4. The number of hydrogen-bond donors (Lipinski definition) is 0. The first-order valence-electron chi connectivity index (χ1n) is 4.69. The highest BCUT2D eigenvalue weighted by Gasteiger charge is 2.32. The Bertz CT molecular complexity index is 407. The van der Waals surface area contributed by atoms with Crippen LogP contribution >= 0.6 is 0 Å². The molecular weight excluding hydrogens is 190 g/mol. The van der Waals surface area contributed by atoms with E-state index in [1.54, 1.807) is 0 Å². The van der Waals surface area contributed by atoms with Crippen molar-refractivity contribution in [2.45, 2.75) is 6.04 Å². The van der Waals surface area contributed by atoms with Crippen LogP contribution in [0.4, 0.5) is 4.79 Å². The molecule has 0 saturated carbocycles.